The molecule has 0 saturated carbocycles. The summed E-state index contributed by atoms with van der Waals surface area (Å²) >= 11 is 0. The summed E-state index contributed by atoms with van der Waals surface area (Å²) in [6.45, 7) is 1.79. The molecule has 0 aromatic carbocycles. The van der Waals surface area contributed by atoms with Crippen LogP contribution in [0.15, 0.2) is 16.7 Å². The van der Waals surface area contributed by atoms with Gasteiger partial charge in [-0.2, -0.15) is 0 Å². The second-order valence-electron chi connectivity index (χ2n) is 5.72. The average Bonchev–Trinajstić information content (AvgIpc) is 2.95. The minimum atomic E-state index is 0.372. The van der Waals surface area contributed by atoms with E-state index in [0.717, 1.165) is 25.8 Å². The maximum Gasteiger partial charge on any atom is 0.108 e. The minimum Gasteiger partial charge on any atom is -0.469 e. The van der Waals surface area contributed by atoms with Crippen molar-refractivity contribution >= 4 is 0 Å². The smallest absolute Gasteiger partial charge is 0.108 e. The highest BCUT2D eigenvalue weighted by Crippen LogP contribution is 2.38. The molecule has 0 radical (unpaired) electrons. The number of methoxy groups -OCH3 is 1. The average molecular weight is 264 g/mol. The molecule has 1 aromatic rings. The third-order valence-electron chi connectivity index (χ3n) is 4.74. The van der Waals surface area contributed by atoms with Crippen LogP contribution in [0.4, 0.5) is 0 Å². The number of nitrogens with two attached hydrogens (primary N) is 1. The van der Waals surface area contributed by atoms with Gasteiger partial charge in [0.2, 0.25) is 0 Å². The van der Waals surface area contributed by atoms with Gasteiger partial charge in [0.15, 0.2) is 0 Å². The molecule has 1 aliphatic carbocycles. The van der Waals surface area contributed by atoms with E-state index in [9.17, 15) is 0 Å². The molecule has 3 rings (SSSR count). The van der Waals surface area contributed by atoms with E-state index >= 15 is 0 Å². The molecule has 4 nitrogen and oxygen atoms in total. The molecule has 1 saturated heterocycles. The van der Waals surface area contributed by atoms with E-state index in [1.165, 1.54) is 24.2 Å². The Balaban J connectivity index is 1.79. The van der Waals surface area contributed by atoms with Crippen LogP contribution in [0.1, 0.15) is 43.0 Å². The van der Waals surface area contributed by atoms with Crippen molar-refractivity contribution in [2.24, 2.45) is 5.73 Å². The van der Waals surface area contributed by atoms with Crippen molar-refractivity contribution in [3.63, 3.8) is 0 Å². The molecule has 2 heterocycles. The Labute approximate surface area is 114 Å². The van der Waals surface area contributed by atoms with Gasteiger partial charge in [-0.3, -0.25) is 4.90 Å². The zero-order valence-corrected chi connectivity index (χ0v) is 11.7. The lowest BCUT2D eigenvalue weighted by Crippen LogP contribution is -2.50. The van der Waals surface area contributed by atoms with Gasteiger partial charge in [-0.05, 0) is 31.7 Å². The second kappa shape index (κ2) is 5.65. The molecule has 1 aromatic heterocycles. The Hall–Kier alpha value is -0.840. The number of piperidine rings is 1. The van der Waals surface area contributed by atoms with Gasteiger partial charge in [0.1, 0.15) is 5.76 Å². The summed E-state index contributed by atoms with van der Waals surface area (Å²) in [7, 11) is 1.81. The van der Waals surface area contributed by atoms with Crippen LogP contribution in [0.2, 0.25) is 0 Å². The largest absolute Gasteiger partial charge is 0.469 e. The molecule has 2 N–H and O–H groups in total. The molecule has 3 atom stereocenters. The Bertz CT molecular complexity index is 418. The van der Waals surface area contributed by atoms with Crippen LogP contribution in [0.25, 0.3) is 0 Å². The van der Waals surface area contributed by atoms with Crippen molar-refractivity contribution in [3.05, 3.63) is 23.7 Å². The maximum absolute atomic E-state index is 5.99. The van der Waals surface area contributed by atoms with E-state index in [0.29, 0.717) is 24.7 Å². The first kappa shape index (κ1) is 13.2. The van der Waals surface area contributed by atoms with Gasteiger partial charge in [-0.25, -0.2) is 0 Å². The predicted molar refractivity (Wildman–Crippen MR) is 74.0 cm³/mol. The highest BCUT2D eigenvalue weighted by atomic mass is 16.5. The summed E-state index contributed by atoms with van der Waals surface area (Å²) < 4.78 is 11.1. The SMILES string of the molecule is COC1CCN(C2CCCc3occc32)C(CN)C1. The van der Waals surface area contributed by atoms with E-state index in [1.54, 1.807) is 0 Å². The fraction of sp³-hybridized carbons (Fsp3) is 0.733. The van der Waals surface area contributed by atoms with Crippen molar-refractivity contribution in [1.82, 2.24) is 4.90 Å². The van der Waals surface area contributed by atoms with Crippen molar-refractivity contribution in [2.45, 2.75) is 50.3 Å². The van der Waals surface area contributed by atoms with Crippen LogP contribution < -0.4 is 5.73 Å². The lowest BCUT2D eigenvalue weighted by Gasteiger charge is -2.44. The lowest BCUT2D eigenvalue weighted by atomic mass is 9.88. The fourth-order valence-corrected chi connectivity index (χ4v) is 3.69. The Kier molecular flexibility index (Phi) is 3.91. The first-order chi connectivity index (χ1) is 9.33. The highest BCUT2D eigenvalue weighted by molar-refractivity contribution is 5.24. The summed E-state index contributed by atoms with van der Waals surface area (Å²) in [4.78, 5) is 2.59. The van der Waals surface area contributed by atoms with E-state index in [2.05, 4.69) is 11.0 Å². The summed E-state index contributed by atoms with van der Waals surface area (Å²) in [5, 5.41) is 0. The van der Waals surface area contributed by atoms with E-state index in [1.807, 2.05) is 13.4 Å². The summed E-state index contributed by atoms with van der Waals surface area (Å²) in [5.41, 5.74) is 7.38. The van der Waals surface area contributed by atoms with Crippen LogP contribution in [-0.2, 0) is 11.2 Å². The van der Waals surface area contributed by atoms with Crippen LogP contribution in [-0.4, -0.2) is 37.2 Å². The molecule has 1 fully saturated rings. The van der Waals surface area contributed by atoms with Crippen LogP contribution >= 0.6 is 0 Å². The van der Waals surface area contributed by atoms with Crippen molar-refractivity contribution in [1.29, 1.82) is 0 Å². The van der Waals surface area contributed by atoms with Crippen molar-refractivity contribution in [2.75, 3.05) is 20.2 Å². The second-order valence-corrected chi connectivity index (χ2v) is 5.72. The van der Waals surface area contributed by atoms with Gasteiger partial charge in [0.25, 0.3) is 0 Å². The Morgan fingerprint density at radius 3 is 3.16 bits per heavy atom. The van der Waals surface area contributed by atoms with Gasteiger partial charge in [0, 0.05) is 44.3 Å². The Morgan fingerprint density at radius 1 is 1.47 bits per heavy atom. The fourth-order valence-electron chi connectivity index (χ4n) is 3.69. The number of furan rings is 1. The molecule has 4 heteroatoms. The standard InChI is InChI=1S/C15H24N2O2/c1-18-12-5-7-17(11(9-12)10-16)14-3-2-4-15-13(14)6-8-19-15/h6,8,11-12,14H,2-5,7,9-10,16H2,1H3. The molecule has 0 spiro atoms. The lowest BCUT2D eigenvalue weighted by molar-refractivity contribution is -0.00823. The third kappa shape index (κ3) is 2.45. The monoisotopic (exact) mass is 264 g/mol. The number of aryl methyl sites for hydroxylation is 1. The number of nitrogens with zero attached hydrogens (tertiary/aromatic N) is 1. The molecular formula is C15H24N2O2. The van der Waals surface area contributed by atoms with Crippen molar-refractivity contribution < 1.29 is 9.15 Å². The van der Waals surface area contributed by atoms with E-state index in [4.69, 9.17) is 14.9 Å². The molecule has 0 amide bonds. The van der Waals surface area contributed by atoms with Crippen LogP contribution in [0.3, 0.4) is 0 Å². The predicted octanol–water partition coefficient (Wildman–Crippen LogP) is 2.10. The summed E-state index contributed by atoms with van der Waals surface area (Å²) in [5.74, 6) is 1.18. The molecule has 2 aliphatic rings. The number of fused-ring (bicyclic) bond motifs is 1. The maximum atomic E-state index is 5.99. The van der Waals surface area contributed by atoms with E-state index < -0.39 is 0 Å². The molecular weight excluding hydrogens is 240 g/mol. The van der Waals surface area contributed by atoms with Gasteiger partial charge in [0.05, 0.1) is 12.4 Å². The number of ether oxygens (including phenoxy) is 1. The van der Waals surface area contributed by atoms with Gasteiger partial charge < -0.3 is 14.9 Å². The quantitative estimate of drug-likeness (QED) is 0.908. The molecule has 0 bridgehead atoms. The first-order valence-electron chi connectivity index (χ1n) is 7.38. The van der Waals surface area contributed by atoms with Gasteiger partial charge >= 0.3 is 0 Å². The van der Waals surface area contributed by atoms with Gasteiger partial charge in [-0.1, -0.05) is 0 Å². The molecule has 3 unspecified atom stereocenters. The third-order valence-corrected chi connectivity index (χ3v) is 4.74. The topological polar surface area (TPSA) is 51.6 Å². The molecule has 1 aliphatic heterocycles. The summed E-state index contributed by atoms with van der Waals surface area (Å²) in [6.07, 6.45) is 7.89. The Morgan fingerprint density at radius 2 is 2.37 bits per heavy atom. The highest BCUT2D eigenvalue weighted by Gasteiger charge is 2.35. The van der Waals surface area contributed by atoms with Crippen molar-refractivity contribution in [3.8, 4) is 0 Å². The van der Waals surface area contributed by atoms with Crippen LogP contribution in [0, 0.1) is 0 Å². The minimum absolute atomic E-state index is 0.372. The molecule has 19 heavy (non-hydrogen) atoms. The number of likely N-dealkylation sites (tertiary alicyclic amines) is 1. The normalized spacial score (nSPS) is 32.2. The number of hydrogen-bond donors (Lipinski definition) is 1. The van der Waals surface area contributed by atoms with Crippen LogP contribution in [0.5, 0.6) is 0 Å². The zero-order valence-electron chi connectivity index (χ0n) is 11.7. The number of rotatable bonds is 3. The van der Waals surface area contributed by atoms with E-state index in [-0.39, 0.29) is 0 Å². The zero-order chi connectivity index (χ0) is 13.2. The molecule has 106 valence electrons. The number of hydrogen-bond acceptors (Lipinski definition) is 4. The first-order valence-corrected chi connectivity index (χ1v) is 7.38. The summed E-state index contributed by atoms with van der Waals surface area (Å²) in [6, 6.07) is 3.08. The van der Waals surface area contributed by atoms with Gasteiger partial charge in [-0.15, -0.1) is 0 Å².